The Bertz CT molecular complexity index is 1060. The number of carbonyl (C=O) groups is 1. The van der Waals surface area contributed by atoms with Crippen molar-refractivity contribution >= 4 is 17.3 Å². The van der Waals surface area contributed by atoms with Gasteiger partial charge in [0.15, 0.2) is 0 Å². The van der Waals surface area contributed by atoms with Gasteiger partial charge < -0.3 is 5.11 Å². The Balaban J connectivity index is 2.22. The Kier molecular flexibility index (Phi) is 6.47. The maximum atomic E-state index is 13.5. The molecule has 0 heterocycles. The first-order valence-corrected chi connectivity index (χ1v) is 9.12. The van der Waals surface area contributed by atoms with Gasteiger partial charge in [0.05, 0.1) is 17.8 Å². The molecule has 6 heteroatoms. The summed E-state index contributed by atoms with van der Waals surface area (Å²) in [5.41, 5.74) is 0.0415. The van der Waals surface area contributed by atoms with Gasteiger partial charge in [-0.2, -0.15) is 13.2 Å². The zero-order valence-electron chi connectivity index (χ0n) is 15.8. The van der Waals surface area contributed by atoms with Gasteiger partial charge in [0, 0.05) is 11.1 Å². The van der Waals surface area contributed by atoms with E-state index in [1.165, 1.54) is 12.1 Å². The fourth-order valence-electron chi connectivity index (χ4n) is 2.87. The highest BCUT2D eigenvalue weighted by atomic mass is 19.4. The normalized spacial score (nSPS) is 13.0. The van der Waals surface area contributed by atoms with Crippen LogP contribution in [0, 0.1) is 0 Å². The van der Waals surface area contributed by atoms with Crippen molar-refractivity contribution in [1.82, 2.24) is 0 Å². The van der Waals surface area contributed by atoms with Gasteiger partial charge in [-0.1, -0.05) is 91.0 Å². The lowest BCUT2D eigenvalue weighted by molar-refractivity contribution is -0.165. The third-order valence-corrected chi connectivity index (χ3v) is 4.32. The molecular weight excluding hydrogens is 391 g/mol. The van der Waals surface area contributed by atoms with Gasteiger partial charge in [0.25, 0.3) is 5.78 Å². The topological polar surface area (TPSA) is 49.7 Å². The van der Waals surface area contributed by atoms with E-state index in [4.69, 9.17) is 0 Å². The molecule has 0 saturated heterocycles. The Labute approximate surface area is 171 Å². The largest absolute Gasteiger partial charge is 0.506 e. The molecule has 152 valence electrons. The maximum absolute atomic E-state index is 13.5. The van der Waals surface area contributed by atoms with Crippen LogP contribution < -0.4 is 0 Å². The summed E-state index contributed by atoms with van der Waals surface area (Å²) in [5, 5.41) is 10.7. The van der Waals surface area contributed by atoms with Gasteiger partial charge in [0.2, 0.25) is 0 Å². The number of hydrogen-bond donors (Lipinski definition) is 1. The number of aliphatic imine (C=N–C) groups is 1. The first kappa shape index (κ1) is 21.0. The predicted molar refractivity (Wildman–Crippen MR) is 110 cm³/mol. The van der Waals surface area contributed by atoms with Crippen LogP contribution in [0.4, 0.5) is 13.2 Å². The van der Waals surface area contributed by atoms with Crippen molar-refractivity contribution in [3.8, 4) is 0 Å². The molecule has 0 aliphatic rings. The number of alkyl halides is 3. The zero-order valence-corrected chi connectivity index (χ0v) is 15.8. The minimum atomic E-state index is -5.18. The molecule has 0 aromatic heterocycles. The highest BCUT2D eigenvalue weighted by Gasteiger charge is 2.44. The number of rotatable bonds is 6. The monoisotopic (exact) mass is 409 g/mol. The summed E-state index contributed by atoms with van der Waals surface area (Å²) in [6.07, 6.45) is -5.18. The minimum Gasteiger partial charge on any atom is -0.506 e. The quantitative estimate of drug-likeness (QED) is 0.319. The fraction of sp³-hybridized carbons (Fsp3) is 0.0833. The third-order valence-electron chi connectivity index (χ3n) is 4.32. The summed E-state index contributed by atoms with van der Waals surface area (Å²) >= 11 is 0. The Morgan fingerprint density at radius 2 is 1.23 bits per heavy atom. The Hall–Kier alpha value is -3.67. The summed E-state index contributed by atoms with van der Waals surface area (Å²) in [6, 6.07) is 24.6. The summed E-state index contributed by atoms with van der Waals surface area (Å²) in [5.74, 6) is -2.92. The van der Waals surface area contributed by atoms with Crippen LogP contribution in [0.15, 0.2) is 102 Å². The molecule has 3 aromatic carbocycles. The molecular formula is C24H18F3NO2. The second-order valence-electron chi connectivity index (χ2n) is 6.43. The molecule has 0 atom stereocenters. The Morgan fingerprint density at radius 1 is 0.767 bits per heavy atom. The van der Waals surface area contributed by atoms with Crippen LogP contribution in [0.5, 0.6) is 0 Å². The van der Waals surface area contributed by atoms with Crippen molar-refractivity contribution in [2.45, 2.75) is 12.7 Å². The first-order chi connectivity index (χ1) is 14.4. The summed E-state index contributed by atoms with van der Waals surface area (Å²) < 4.78 is 40.4. The average Bonchev–Trinajstić information content (AvgIpc) is 2.77. The molecule has 0 fully saturated rings. The molecule has 0 saturated carbocycles. The van der Waals surface area contributed by atoms with Crippen LogP contribution in [-0.2, 0) is 11.3 Å². The van der Waals surface area contributed by atoms with E-state index in [1.54, 1.807) is 72.8 Å². The van der Waals surface area contributed by atoms with Crippen LogP contribution in [0.25, 0.3) is 5.76 Å². The van der Waals surface area contributed by atoms with Crippen LogP contribution in [0.2, 0.25) is 0 Å². The van der Waals surface area contributed by atoms with Crippen molar-refractivity contribution in [3.05, 3.63) is 113 Å². The van der Waals surface area contributed by atoms with E-state index in [2.05, 4.69) is 4.99 Å². The van der Waals surface area contributed by atoms with Crippen molar-refractivity contribution in [2.24, 2.45) is 4.99 Å². The van der Waals surface area contributed by atoms with E-state index < -0.39 is 23.3 Å². The number of hydrogen-bond acceptors (Lipinski definition) is 3. The number of aliphatic hydroxyl groups is 1. The fourth-order valence-corrected chi connectivity index (χ4v) is 2.87. The van der Waals surface area contributed by atoms with Crippen LogP contribution in [-0.4, -0.2) is 22.8 Å². The second kappa shape index (κ2) is 9.22. The molecule has 0 aliphatic carbocycles. The summed E-state index contributed by atoms with van der Waals surface area (Å²) in [6.45, 7) is 0.0434. The Morgan fingerprint density at radius 3 is 1.73 bits per heavy atom. The molecule has 0 amide bonds. The molecule has 1 N–H and O–H groups in total. The van der Waals surface area contributed by atoms with Gasteiger partial charge >= 0.3 is 6.18 Å². The minimum absolute atomic E-state index is 0.0434. The van der Waals surface area contributed by atoms with Gasteiger partial charge in [-0.05, 0) is 5.56 Å². The highest BCUT2D eigenvalue weighted by molar-refractivity contribution is 6.33. The molecule has 3 rings (SSSR count). The van der Waals surface area contributed by atoms with Crippen LogP contribution >= 0.6 is 0 Å². The lowest BCUT2D eigenvalue weighted by atomic mass is 9.94. The predicted octanol–water partition coefficient (Wildman–Crippen LogP) is 5.78. The van der Waals surface area contributed by atoms with E-state index in [-0.39, 0.29) is 17.8 Å². The van der Waals surface area contributed by atoms with Gasteiger partial charge in [-0.15, -0.1) is 0 Å². The molecule has 0 radical (unpaired) electrons. The lowest BCUT2D eigenvalue weighted by Gasteiger charge is -2.15. The van der Waals surface area contributed by atoms with E-state index in [1.807, 2.05) is 6.07 Å². The molecule has 3 nitrogen and oxygen atoms in total. The van der Waals surface area contributed by atoms with E-state index in [9.17, 15) is 23.1 Å². The first-order valence-electron chi connectivity index (χ1n) is 9.12. The van der Waals surface area contributed by atoms with Crippen LogP contribution in [0.1, 0.15) is 16.7 Å². The van der Waals surface area contributed by atoms with E-state index in [0.29, 0.717) is 5.56 Å². The smallest absolute Gasteiger partial charge is 0.455 e. The number of allylic oxidation sites excluding steroid dienone is 1. The van der Waals surface area contributed by atoms with E-state index in [0.717, 1.165) is 5.56 Å². The van der Waals surface area contributed by atoms with Crippen molar-refractivity contribution in [2.75, 3.05) is 0 Å². The second-order valence-corrected chi connectivity index (χ2v) is 6.43. The highest BCUT2D eigenvalue weighted by Crippen LogP contribution is 2.29. The number of ketones is 1. The van der Waals surface area contributed by atoms with Crippen LogP contribution in [0.3, 0.4) is 0 Å². The zero-order chi connectivity index (χ0) is 21.6. The van der Waals surface area contributed by atoms with Crippen molar-refractivity contribution in [3.63, 3.8) is 0 Å². The molecule has 3 aromatic rings. The number of nitrogens with zero attached hydrogens (tertiary/aromatic N) is 1. The number of benzene rings is 3. The standard InChI is InChI=1S/C24H18F3NO2/c25-24(26,27)23(30)20(22(29)19-14-8-3-9-15-19)21(18-12-6-2-7-13-18)28-16-17-10-4-1-5-11-17/h1-15,29H,16H2/b22-20+,28-21?. The molecule has 0 aliphatic heterocycles. The molecule has 0 bridgehead atoms. The van der Waals surface area contributed by atoms with Crippen molar-refractivity contribution < 1.29 is 23.1 Å². The van der Waals surface area contributed by atoms with Gasteiger partial charge in [-0.3, -0.25) is 9.79 Å². The number of carbonyl (C=O) groups excluding carboxylic acids is 1. The third kappa shape index (κ3) is 5.03. The number of aliphatic hydroxyl groups excluding tert-OH is 1. The maximum Gasteiger partial charge on any atom is 0.455 e. The summed E-state index contributed by atoms with van der Waals surface area (Å²) in [4.78, 5) is 16.7. The number of halogens is 3. The van der Waals surface area contributed by atoms with Gasteiger partial charge in [0.1, 0.15) is 5.76 Å². The average molecular weight is 409 g/mol. The molecule has 0 unspecified atom stereocenters. The van der Waals surface area contributed by atoms with E-state index >= 15 is 0 Å². The lowest BCUT2D eigenvalue weighted by Crippen LogP contribution is -2.30. The SMILES string of the molecule is O=C(/C(C(=NCc1ccccc1)c1ccccc1)=C(/O)c1ccccc1)C(F)(F)F. The summed E-state index contributed by atoms with van der Waals surface area (Å²) in [7, 11) is 0. The molecule has 30 heavy (non-hydrogen) atoms. The van der Waals surface area contributed by atoms with Gasteiger partial charge in [-0.25, -0.2) is 0 Å². The molecule has 0 spiro atoms. The van der Waals surface area contributed by atoms with Crippen molar-refractivity contribution in [1.29, 1.82) is 0 Å². The number of Topliss-reactive ketones (excluding diaryl/α,β-unsaturated/α-hetero) is 1.